The highest BCUT2D eigenvalue weighted by atomic mass is 16.3. The molecule has 49 heavy (non-hydrogen) atoms. The van der Waals surface area contributed by atoms with E-state index in [0.717, 1.165) is 49.8 Å². The smallest absolute Gasteiger partial charge is 0.164 e. The lowest BCUT2D eigenvalue weighted by Gasteiger charge is -2.12. The Labute approximate surface area is 282 Å². The third kappa shape index (κ3) is 4.49. The van der Waals surface area contributed by atoms with Crippen LogP contribution in [0.2, 0.25) is 0 Å². The van der Waals surface area contributed by atoms with E-state index in [-0.39, 0.29) is 0 Å². The number of aromatic nitrogens is 3. The fourth-order valence-electron chi connectivity index (χ4n) is 7.19. The van der Waals surface area contributed by atoms with Crippen molar-refractivity contribution in [3.05, 3.63) is 164 Å². The summed E-state index contributed by atoms with van der Waals surface area (Å²) in [7, 11) is 0. The lowest BCUT2D eigenvalue weighted by molar-refractivity contribution is 0.673. The van der Waals surface area contributed by atoms with E-state index >= 15 is 0 Å². The van der Waals surface area contributed by atoms with Gasteiger partial charge in [-0.05, 0) is 56.9 Å². The first-order valence-corrected chi connectivity index (χ1v) is 16.4. The second-order valence-corrected chi connectivity index (χ2v) is 12.4. The number of furan rings is 1. The van der Waals surface area contributed by atoms with Crippen molar-refractivity contribution in [2.45, 2.75) is 0 Å². The Hall–Kier alpha value is -6.65. The molecular weight excluding hydrogens is 599 g/mol. The average molecular weight is 626 g/mol. The Balaban J connectivity index is 1.13. The van der Waals surface area contributed by atoms with Crippen molar-refractivity contribution < 1.29 is 4.42 Å². The molecule has 0 saturated heterocycles. The zero-order chi connectivity index (χ0) is 32.3. The lowest BCUT2D eigenvalue weighted by Crippen LogP contribution is -2.00. The molecule has 2 heterocycles. The van der Waals surface area contributed by atoms with Gasteiger partial charge in [-0.25, -0.2) is 15.0 Å². The first kappa shape index (κ1) is 27.5. The number of fused-ring (bicyclic) bond motifs is 10. The number of hydrogen-bond donors (Lipinski definition) is 0. The van der Waals surface area contributed by atoms with E-state index in [2.05, 4.69) is 97.1 Å². The zero-order valence-corrected chi connectivity index (χ0v) is 26.3. The van der Waals surface area contributed by atoms with Gasteiger partial charge in [0.05, 0.1) is 0 Å². The molecule has 10 rings (SSSR count). The van der Waals surface area contributed by atoms with Crippen molar-refractivity contribution in [2.75, 3.05) is 0 Å². The highest BCUT2D eigenvalue weighted by Crippen LogP contribution is 2.43. The molecule has 4 nitrogen and oxygen atoms in total. The van der Waals surface area contributed by atoms with Gasteiger partial charge < -0.3 is 4.42 Å². The van der Waals surface area contributed by atoms with Gasteiger partial charge >= 0.3 is 0 Å². The van der Waals surface area contributed by atoms with Crippen LogP contribution in [0.1, 0.15) is 0 Å². The Morgan fingerprint density at radius 3 is 1.57 bits per heavy atom. The minimum atomic E-state index is 0.641. The van der Waals surface area contributed by atoms with Crippen molar-refractivity contribution in [1.29, 1.82) is 0 Å². The van der Waals surface area contributed by atoms with Crippen molar-refractivity contribution in [3.63, 3.8) is 0 Å². The van der Waals surface area contributed by atoms with Gasteiger partial charge in [-0.15, -0.1) is 0 Å². The van der Waals surface area contributed by atoms with E-state index in [1.54, 1.807) is 0 Å². The van der Waals surface area contributed by atoms with Crippen LogP contribution in [-0.2, 0) is 0 Å². The Morgan fingerprint density at radius 2 is 0.857 bits per heavy atom. The van der Waals surface area contributed by atoms with Gasteiger partial charge in [0.15, 0.2) is 17.5 Å². The summed E-state index contributed by atoms with van der Waals surface area (Å²) in [6, 6.07) is 56.8. The van der Waals surface area contributed by atoms with Gasteiger partial charge in [0.1, 0.15) is 11.2 Å². The molecule has 0 unspecified atom stereocenters. The average Bonchev–Trinajstić information content (AvgIpc) is 3.58. The summed E-state index contributed by atoms with van der Waals surface area (Å²) in [5.41, 5.74) is 6.92. The number of nitrogens with zero attached hydrogens (tertiary/aromatic N) is 3. The molecule has 228 valence electrons. The van der Waals surface area contributed by atoms with Crippen LogP contribution in [0.25, 0.3) is 99.5 Å². The summed E-state index contributed by atoms with van der Waals surface area (Å²) >= 11 is 0. The van der Waals surface area contributed by atoms with Crippen molar-refractivity contribution >= 4 is 54.3 Å². The van der Waals surface area contributed by atoms with Gasteiger partial charge in [-0.1, -0.05) is 140 Å². The molecule has 0 N–H and O–H groups in total. The molecule has 2 aromatic heterocycles. The van der Waals surface area contributed by atoms with Gasteiger partial charge in [-0.2, -0.15) is 0 Å². The maximum atomic E-state index is 6.53. The van der Waals surface area contributed by atoms with Crippen LogP contribution < -0.4 is 0 Å². The Kier molecular flexibility index (Phi) is 6.15. The molecule has 4 heteroatoms. The number of para-hydroxylation sites is 1. The monoisotopic (exact) mass is 625 g/mol. The van der Waals surface area contributed by atoms with Crippen LogP contribution in [-0.4, -0.2) is 15.0 Å². The minimum absolute atomic E-state index is 0.641. The predicted octanol–water partition coefficient (Wildman–Crippen LogP) is 11.9. The standard InChI is InChI=1S/C45H27N3O/c1-3-12-28(13-4-1)43-46-44(29-14-5-2-6-15-29)48-45(47-43)33-17-11-16-30(27-33)31-22-24-34-32(26-31)23-25-38-40(34)35-18-7-8-19-36(35)41-37-20-9-10-21-39(37)49-42(38)41/h1-27H. The number of hydrogen-bond acceptors (Lipinski definition) is 4. The molecule has 10 aromatic rings. The summed E-state index contributed by atoms with van der Waals surface area (Å²) < 4.78 is 6.53. The van der Waals surface area contributed by atoms with E-state index < -0.39 is 0 Å². The van der Waals surface area contributed by atoms with Crippen LogP contribution in [0.4, 0.5) is 0 Å². The quantitative estimate of drug-likeness (QED) is 0.183. The Morgan fingerprint density at radius 1 is 0.327 bits per heavy atom. The second kappa shape index (κ2) is 11.0. The van der Waals surface area contributed by atoms with E-state index in [1.165, 1.54) is 32.3 Å². The molecule has 0 bridgehead atoms. The number of benzene rings is 8. The number of rotatable bonds is 4. The van der Waals surface area contributed by atoms with Crippen molar-refractivity contribution in [1.82, 2.24) is 15.0 Å². The molecule has 0 aliphatic rings. The van der Waals surface area contributed by atoms with Crippen LogP contribution in [0.15, 0.2) is 168 Å². The van der Waals surface area contributed by atoms with Gasteiger partial charge in [0, 0.05) is 38.2 Å². The molecule has 0 aliphatic heterocycles. The fraction of sp³-hybridized carbons (Fsp3) is 0. The van der Waals surface area contributed by atoms with Gasteiger partial charge in [0.25, 0.3) is 0 Å². The highest BCUT2D eigenvalue weighted by molar-refractivity contribution is 6.34. The lowest BCUT2D eigenvalue weighted by atomic mass is 9.92. The maximum absolute atomic E-state index is 6.53. The van der Waals surface area contributed by atoms with Crippen LogP contribution in [0.5, 0.6) is 0 Å². The van der Waals surface area contributed by atoms with Crippen LogP contribution in [0.3, 0.4) is 0 Å². The molecule has 0 spiro atoms. The molecule has 0 atom stereocenters. The van der Waals surface area contributed by atoms with E-state index in [1.807, 2.05) is 66.7 Å². The zero-order valence-electron chi connectivity index (χ0n) is 26.3. The Bertz CT molecular complexity index is 2820. The normalized spacial score (nSPS) is 11.7. The molecule has 0 radical (unpaired) electrons. The molecule has 0 saturated carbocycles. The molecule has 0 aliphatic carbocycles. The van der Waals surface area contributed by atoms with Crippen LogP contribution >= 0.6 is 0 Å². The summed E-state index contributed by atoms with van der Waals surface area (Å²) in [5.74, 6) is 1.94. The summed E-state index contributed by atoms with van der Waals surface area (Å²) in [6.07, 6.45) is 0. The van der Waals surface area contributed by atoms with Crippen molar-refractivity contribution in [2.24, 2.45) is 0 Å². The summed E-state index contributed by atoms with van der Waals surface area (Å²) in [5, 5.41) is 9.49. The van der Waals surface area contributed by atoms with Gasteiger partial charge in [-0.3, -0.25) is 0 Å². The van der Waals surface area contributed by atoms with E-state index in [0.29, 0.717) is 17.5 Å². The molecule has 0 amide bonds. The van der Waals surface area contributed by atoms with Crippen LogP contribution in [0, 0.1) is 0 Å². The van der Waals surface area contributed by atoms with E-state index in [4.69, 9.17) is 19.4 Å². The van der Waals surface area contributed by atoms with Crippen molar-refractivity contribution in [3.8, 4) is 45.3 Å². The first-order valence-electron chi connectivity index (χ1n) is 16.4. The summed E-state index contributed by atoms with van der Waals surface area (Å²) in [6.45, 7) is 0. The largest absolute Gasteiger partial charge is 0.455 e. The maximum Gasteiger partial charge on any atom is 0.164 e. The molecular formula is C45H27N3O. The van der Waals surface area contributed by atoms with E-state index in [9.17, 15) is 0 Å². The third-order valence-corrected chi connectivity index (χ3v) is 9.48. The SMILES string of the molecule is c1ccc(-c2nc(-c3ccccc3)nc(-c3cccc(-c4ccc5c(ccc6c7oc8ccccc8c7c7ccccc7c56)c4)c3)n2)cc1. The minimum Gasteiger partial charge on any atom is -0.455 e. The fourth-order valence-corrected chi connectivity index (χ4v) is 7.19. The predicted molar refractivity (Wildman–Crippen MR) is 201 cm³/mol. The van der Waals surface area contributed by atoms with Gasteiger partial charge in [0.2, 0.25) is 0 Å². The second-order valence-electron chi connectivity index (χ2n) is 12.4. The first-order chi connectivity index (χ1) is 24.3. The topological polar surface area (TPSA) is 51.8 Å². The molecule has 0 fully saturated rings. The third-order valence-electron chi connectivity index (χ3n) is 9.48. The summed E-state index contributed by atoms with van der Waals surface area (Å²) in [4.78, 5) is 14.8. The molecule has 8 aromatic carbocycles. The highest BCUT2D eigenvalue weighted by Gasteiger charge is 2.18.